The van der Waals surface area contributed by atoms with E-state index in [1.54, 1.807) is 12.1 Å². The maximum absolute atomic E-state index is 11.1. The highest BCUT2D eigenvalue weighted by Crippen LogP contribution is 2.26. The van der Waals surface area contributed by atoms with Crippen LogP contribution in [0.25, 0.3) is 0 Å². The Morgan fingerprint density at radius 2 is 2.00 bits per heavy atom. The van der Waals surface area contributed by atoms with Crippen molar-refractivity contribution in [2.75, 3.05) is 23.3 Å². The molecule has 0 saturated carbocycles. The average Bonchev–Trinajstić information content (AvgIpc) is 2.31. The van der Waals surface area contributed by atoms with Crippen LogP contribution < -0.4 is 10.2 Å². The molecule has 0 fully saturated rings. The number of hydrogen-bond acceptors (Lipinski definition) is 3. The summed E-state index contributed by atoms with van der Waals surface area (Å²) in [5.74, 6) is -0.138. The molecule has 0 bridgehead atoms. The van der Waals surface area contributed by atoms with E-state index in [1.807, 2.05) is 6.07 Å². The lowest BCUT2D eigenvalue weighted by Crippen LogP contribution is -2.23. The molecule has 1 rings (SSSR count). The zero-order valence-corrected chi connectivity index (χ0v) is 10.5. The van der Waals surface area contributed by atoms with Gasteiger partial charge in [-0.1, -0.05) is 0 Å². The molecular formula is C13H18N2O2. The van der Waals surface area contributed by atoms with Crippen LogP contribution in [0.2, 0.25) is 0 Å². The molecule has 4 heteroatoms. The highest BCUT2D eigenvalue weighted by Gasteiger charge is 2.10. The molecule has 0 aromatic heterocycles. The van der Waals surface area contributed by atoms with Crippen LogP contribution in [-0.2, 0) is 4.79 Å². The van der Waals surface area contributed by atoms with Crippen LogP contribution in [0.3, 0.4) is 0 Å². The molecule has 0 spiro atoms. The fraction of sp³-hybridized carbons (Fsp3) is 0.385. The van der Waals surface area contributed by atoms with Gasteiger partial charge in [0.1, 0.15) is 6.29 Å². The van der Waals surface area contributed by atoms with Crippen molar-refractivity contribution < 1.29 is 9.59 Å². The Labute approximate surface area is 102 Å². The minimum Gasteiger partial charge on any atom is -0.370 e. The SMILES string of the molecule is CCN(CC)c1ccc(C=O)cc1NC(C)=O. The summed E-state index contributed by atoms with van der Waals surface area (Å²) >= 11 is 0. The summed E-state index contributed by atoms with van der Waals surface area (Å²) in [6.45, 7) is 7.26. The molecule has 1 N–H and O–H groups in total. The molecule has 1 amide bonds. The van der Waals surface area contributed by atoms with Crippen molar-refractivity contribution in [3.8, 4) is 0 Å². The van der Waals surface area contributed by atoms with Gasteiger partial charge in [-0.25, -0.2) is 0 Å². The summed E-state index contributed by atoms with van der Waals surface area (Å²) in [5.41, 5.74) is 2.19. The third kappa shape index (κ3) is 3.31. The van der Waals surface area contributed by atoms with E-state index < -0.39 is 0 Å². The van der Waals surface area contributed by atoms with Crippen LogP contribution in [0.15, 0.2) is 18.2 Å². The molecule has 0 unspecified atom stereocenters. The van der Waals surface area contributed by atoms with Gasteiger partial charge in [0.15, 0.2) is 0 Å². The van der Waals surface area contributed by atoms with Crippen molar-refractivity contribution in [1.29, 1.82) is 0 Å². The Morgan fingerprint density at radius 3 is 2.47 bits per heavy atom. The molecule has 17 heavy (non-hydrogen) atoms. The Balaban J connectivity index is 3.17. The normalized spacial score (nSPS) is 9.82. The first-order chi connectivity index (χ1) is 8.12. The lowest BCUT2D eigenvalue weighted by molar-refractivity contribution is -0.114. The number of hydrogen-bond donors (Lipinski definition) is 1. The van der Waals surface area contributed by atoms with E-state index >= 15 is 0 Å². The molecular weight excluding hydrogens is 216 g/mol. The van der Waals surface area contributed by atoms with Crippen molar-refractivity contribution >= 4 is 23.6 Å². The monoisotopic (exact) mass is 234 g/mol. The van der Waals surface area contributed by atoms with Crippen molar-refractivity contribution in [3.05, 3.63) is 23.8 Å². The van der Waals surface area contributed by atoms with E-state index in [0.29, 0.717) is 11.3 Å². The molecule has 0 aliphatic heterocycles. The molecule has 1 aromatic carbocycles. The predicted molar refractivity (Wildman–Crippen MR) is 69.7 cm³/mol. The Kier molecular flexibility index (Phi) is 4.69. The van der Waals surface area contributed by atoms with Crippen molar-refractivity contribution in [2.24, 2.45) is 0 Å². The summed E-state index contributed by atoms with van der Waals surface area (Å²) in [5, 5.41) is 2.76. The topological polar surface area (TPSA) is 49.4 Å². The van der Waals surface area contributed by atoms with Crippen molar-refractivity contribution in [2.45, 2.75) is 20.8 Å². The van der Waals surface area contributed by atoms with Gasteiger partial charge in [-0.15, -0.1) is 0 Å². The van der Waals surface area contributed by atoms with E-state index in [9.17, 15) is 9.59 Å². The van der Waals surface area contributed by atoms with E-state index in [0.717, 1.165) is 25.1 Å². The number of nitrogens with zero attached hydrogens (tertiary/aromatic N) is 1. The maximum atomic E-state index is 11.1. The van der Waals surface area contributed by atoms with Gasteiger partial charge >= 0.3 is 0 Å². The second-order valence-electron chi connectivity index (χ2n) is 3.75. The Bertz CT molecular complexity index is 412. The predicted octanol–water partition coefficient (Wildman–Crippen LogP) is 2.30. The summed E-state index contributed by atoms with van der Waals surface area (Å²) in [6.07, 6.45) is 0.775. The summed E-state index contributed by atoms with van der Waals surface area (Å²) < 4.78 is 0. The van der Waals surface area contributed by atoms with Gasteiger partial charge < -0.3 is 10.2 Å². The molecule has 0 aliphatic rings. The van der Waals surface area contributed by atoms with Crippen LogP contribution in [-0.4, -0.2) is 25.3 Å². The number of carbonyl (C=O) groups is 2. The number of anilines is 2. The number of rotatable bonds is 5. The van der Waals surface area contributed by atoms with Crippen LogP contribution in [0.4, 0.5) is 11.4 Å². The number of aldehydes is 1. The van der Waals surface area contributed by atoms with Crippen LogP contribution >= 0.6 is 0 Å². The fourth-order valence-corrected chi connectivity index (χ4v) is 1.76. The summed E-state index contributed by atoms with van der Waals surface area (Å²) in [6, 6.07) is 5.32. The lowest BCUT2D eigenvalue weighted by atomic mass is 10.1. The molecule has 4 nitrogen and oxygen atoms in total. The summed E-state index contributed by atoms with van der Waals surface area (Å²) in [4.78, 5) is 24.0. The first kappa shape index (κ1) is 13.2. The average molecular weight is 234 g/mol. The number of amides is 1. The largest absolute Gasteiger partial charge is 0.370 e. The van der Waals surface area contributed by atoms with Gasteiger partial charge in [0.2, 0.25) is 5.91 Å². The number of benzene rings is 1. The minimum absolute atomic E-state index is 0.138. The molecule has 0 radical (unpaired) electrons. The van der Waals surface area contributed by atoms with Crippen molar-refractivity contribution in [3.63, 3.8) is 0 Å². The van der Waals surface area contributed by atoms with Gasteiger partial charge in [0, 0.05) is 25.6 Å². The number of nitrogens with one attached hydrogen (secondary N) is 1. The molecule has 0 saturated heterocycles. The second kappa shape index (κ2) is 6.03. The first-order valence-electron chi connectivity index (χ1n) is 5.74. The highest BCUT2D eigenvalue weighted by molar-refractivity contribution is 5.94. The van der Waals surface area contributed by atoms with Gasteiger partial charge in [0.25, 0.3) is 0 Å². The van der Waals surface area contributed by atoms with E-state index in [1.165, 1.54) is 6.92 Å². The fourth-order valence-electron chi connectivity index (χ4n) is 1.76. The molecule has 0 aliphatic carbocycles. The summed E-state index contributed by atoms with van der Waals surface area (Å²) in [7, 11) is 0. The number of carbonyl (C=O) groups excluding carboxylic acids is 2. The third-order valence-corrected chi connectivity index (χ3v) is 2.57. The Hall–Kier alpha value is -1.84. The van der Waals surface area contributed by atoms with Crippen LogP contribution in [0.1, 0.15) is 31.1 Å². The van der Waals surface area contributed by atoms with Crippen molar-refractivity contribution in [1.82, 2.24) is 0 Å². The highest BCUT2D eigenvalue weighted by atomic mass is 16.1. The quantitative estimate of drug-likeness (QED) is 0.795. The molecule has 0 atom stereocenters. The van der Waals surface area contributed by atoms with Gasteiger partial charge in [-0.3, -0.25) is 9.59 Å². The minimum atomic E-state index is -0.138. The van der Waals surface area contributed by atoms with Crippen LogP contribution in [0.5, 0.6) is 0 Å². The van der Waals surface area contributed by atoms with E-state index in [-0.39, 0.29) is 5.91 Å². The van der Waals surface area contributed by atoms with E-state index in [4.69, 9.17) is 0 Å². The van der Waals surface area contributed by atoms with Gasteiger partial charge in [0.05, 0.1) is 11.4 Å². The standard InChI is InChI=1S/C13H18N2O2/c1-4-15(5-2)13-7-6-11(9-16)8-12(13)14-10(3)17/h6-9H,4-5H2,1-3H3,(H,14,17). The second-order valence-corrected chi connectivity index (χ2v) is 3.75. The maximum Gasteiger partial charge on any atom is 0.221 e. The smallest absolute Gasteiger partial charge is 0.221 e. The first-order valence-corrected chi connectivity index (χ1v) is 5.74. The third-order valence-electron chi connectivity index (χ3n) is 2.57. The Morgan fingerprint density at radius 1 is 1.35 bits per heavy atom. The zero-order chi connectivity index (χ0) is 12.8. The molecule has 0 heterocycles. The van der Waals surface area contributed by atoms with Crippen LogP contribution in [0, 0.1) is 0 Å². The van der Waals surface area contributed by atoms with E-state index in [2.05, 4.69) is 24.1 Å². The zero-order valence-electron chi connectivity index (χ0n) is 10.5. The molecule has 92 valence electrons. The van der Waals surface area contributed by atoms with Gasteiger partial charge in [-0.05, 0) is 32.0 Å². The van der Waals surface area contributed by atoms with Gasteiger partial charge in [-0.2, -0.15) is 0 Å². The lowest BCUT2D eigenvalue weighted by Gasteiger charge is -2.24. The molecule has 1 aromatic rings.